The molecule has 2 aromatic carbocycles. The lowest BCUT2D eigenvalue weighted by Crippen LogP contribution is -2.25. The minimum atomic E-state index is -0.318. The van der Waals surface area contributed by atoms with Crippen molar-refractivity contribution in [1.82, 2.24) is 5.32 Å². The Morgan fingerprint density at radius 2 is 1.75 bits per heavy atom. The van der Waals surface area contributed by atoms with E-state index < -0.39 is 0 Å². The maximum Gasteiger partial charge on any atom is 0.293 e. The van der Waals surface area contributed by atoms with Gasteiger partial charge in [-0.3, -0.25) is 4.79 Å². The van der Waals surface area contributed by atoms with Crippen LogP contribution < -0.4 is 14.8 Å². The summed E-state index contributed by atoms with van der Waals surface area (Å²) < 4.78 is 16.2. The normalized spacial score (nSPS) is 11.5. The van der Waals surface area contributed by atoms with Gasteiger partial charge in [-0.25, -0.2) is 0 Å². The number of benzene rings is 2. The van der Waals surface area contributed by atoms with E-state index in [1.807, 2.05) is 89.3 Å². The fourth-order valence-electron chi connectivity index (χ4n) is 2.14. The second-order valence-electron chi connectivity index (χ2n) is 7.18. The van der Waals surface area contributed by atoms with Crippen LogP contribution in [0.15, 0.2) is 61.2 Å². The zero-order valence-electron chi connectivity index (χ0n) is 17.4. The highest BCUT2D eigenvalue weighted by molar-refractivity contribution is 5.59. The molecule has 0 amide bonds. The Kier molecular flexibility index (Phi) is 9.82. The van der Waals surface area contributed by atoms with Crippen LogP contribution in [0, 0.1) is 0 Å². The molecule has 5 nitrogen and oxygen atoms in total. The van der Waals surface area contributed by atoms with Crippen LogP contribution in [0.25, 0.3) is 5.76 Å². The number of rotatable bonds is 8. The third kappa shape index (κ3) is 9.78. The van der Waals surface area contributed by atoms with Gasteiger partial charge in [0.25, 0.3) is 6.47 Å². The largest absolute Gasteiger partial charge is 0.489 e. The minimum Gasteiger partial charge on any atom is -0.489 e. The van der Waals surface area contributed by atoms with Crippen molar-refractivity contribution >= 4 is 12.2 Å². The molecule has 1 unspecified atom stereocenters. The van der Waals surface area contributed by atoms with Crippen LogP contribution in [0.3, 0.4) is 0 Å². The first-order valence-electron chi connectivity index (χ1n) is 9.20. The highest BCUT2D eigenvalue weighted by Gasteiger charge is 2.07. The number of likely N-dealkylation sites (N-methyl/N-ethyl adjacent to an activating group) is 1. The molecule has 0 aliphatic carbocycles. The van der Waals surface area contributed by atoms with Crippen molar-refractivity contribution in [3.63, 3.8) is 0 Å². The van der Waals surface area contributed by atoms with Crippen LogP contribution in [-0.2, 0) is 9.53 Å². The van der Waals surface area contributed by atoms with Gasteiger partial charge < -0.3 is 19.5 Å². The second kappa shape index (κ2) is 11.8. The van der Waals surface area contributed by atoms with Crippen LogP contribution in [0.5, 0.6) is 11.5 Å². The summed E-state index contributed by atoms with van der Waals surface area (Å²) in [5, 5.41) is 3.09. The van der Waals surface area contributed by atoms with Crippen LogP contribution in [-0.4, -0.2) is 31.8 Å². The first kappa shape index (κ1) is 23.2. The Labute approximate surface area is 168 Å². The molecule has 0 saturated carbocycles. The number of hydrogen-bond acceptors (Lipinski definition) is 5. The van der Waals surface area contributed by atoms with Gasteiger partial charge in [0.05, 0.1) is 0 Å². The lowest BCUT2D eigenvalue weighted by Gasteiger charge is -2.15. The van der Waals surface area contributed by atoms with Crippen LogP contribution in [0.1, 0.15) is 33.3 Å². The zero-order valence-corrected chi connectivity index (χ0v) is 17.4. The summed E-state index contributed by atoms with van der Waals surface area (Å²) in [6.07, 6.45) is 0.0996. The number of ether oxygens (including phenoxy) is 3. The molecule has 0 bridgehead atoms. The summed E-state index contributed by atoms with van der Waals surface area (Å²) in [7, 11) is 1.91. The SMILES string of the molecule is C=C(Oc1cccc(OC(C)CNC)c1)c1ccccc1.CC(C)(C)OC=O. The third-order valence-electron chi connectivity index (χ3n) is 3.37. The van der Waals surface area contributed by atoms with Crippen LogP contribution in [0.2, 0.25) is 0 Å². The van der Waals surface area contributed by atoms with Gasteiger partial charge in [0.2, 0.25) is 0 Å². The highest BCUT2D eigenvalue weighted by Crippen LogP contribution is 2.24. The fraction of sp³-hybridized carbons (Fsp3) is 0.348. The molecule has 0 aliphatic heterocycles. The van der Waals surface area contributed by atoms with Gasteiger partial charge >= 0.3 is 0 Å². The van der Waals surface area contributed by atoms with Gasteiger partial charge in [0.15, 0.2) is 0 Å². The Morgan fingerprint density at radius 1 is 1.11 bits per heavy atom. The monoisotopic (exact) mass is 385 g/mol. The Balaban J connectivity index is 0.000000480. The molecule has 28 heavy (non-hydrogen) atoms. The van der Waals surface area contributed by atoms with Crippen LogP contribution >= 0.6 is 0 Å². The molecule has 0 spiro atoms. The molecule has 0 aliphatic rings. The van der Waals surface area contributed by atoms with E-state index in [0.717, 1.165) is 23.6 Å². The topological polar surface area (TPSA) is 56.8 Å². The smallest absolute Gasteiger partial charge is 0.293 e. The molecule has 0 aromatic heterocycles. The van der Waals surface area contributed by atoms with Gasteiger partial charge in [0.1, 0.15) is 29.0 Å². The van der Waals surface area contributed by atoms with Gasteiger partial charge in [-0.05, 0) is 46.9 Å². The number of hydrogen-bond donors (Lipinski definition) is 1. The minimum absolute atomic E-state index is 0.0996. The summed E-state index contributed by atoms with van der Waals surface area (Å²) >= 11 is 0. The molecule has 2 rings (SSSR count). The summed E-state index contributed by atoms with van der Waals surface area (Å²) in [6.45, 7) is 12.7. The van der Waals surface area contributed by atoms with E-state index in [4.69, 9.17) is 9.47 Å². The van der Waals surface area contributed by atoms with Crippen molar-refractivity contribution in [2.45, 2.75) is 39.4 Å². The van der Waals surface area contributed by atoms with Crippen molar-refractivity contribution in [3.8, 4) is 11.5 Å². The number of nitrogens with one attached hydrogen (secondary N) is 1. The fourth-order valence-corrected chi connectivity index (χ4v) is 2.14. The predicted octanol–water partition coefficient (Wildman–Crippen LogP) is 4.68. The molecule has 0 fully saturated rings. The predicted molar refractivity (Wildman–Crippen MR) is 113 cm³/mol. The molecule has 0 heterocycles. The van der Waals surface area contributed by atoms with Crippen LogP contribution in [0.4, 0.5) is 0 Å². The maximum absolute atomic E-state index is 9.60. The van der Waals surface area contributed by atoms with E-state index >= 15 is 0 Å². The number of carbonyl (C=O) groups excluding carboxylic acids is 1. The Hall–Kier alpha value is -2.79. The molecular formula is C23H31NO4. The molecule has 1 N–H and O–H groups in total. The first-order chi connectivity index (χ1) is 13.2. The van der Waals surface area contributed by atoms with Gasteiger partial charge in [-0.15, -0.1) is 0 Å². The molecule has 0 radical (unpaired) electrons. The summed E-state index contributed by atoms with van der Waals surface area (Å²) in [5.74, 6) is 2.13. The lowest BCUT2D eigenvalue weighted by atomic mass is 10.2. The van der Waals surface area contributed by atoms with Gasteiger partial charge in [-0.1, -0.05) is 43.0 Å². The Morgan fingerprint density at radius 3 is 2.29 bits per heavy atom. The summed E-state index contributed by atoms with van der Waals surface area (Å²) in [4.78, 5) is 9.60. The molecule has 5 heteroatoms. The standard InChI is InChI=1S/C18H21NO2.C5H10O2/c1-14(13-19-3)20-17-10-7-11-18(12-17)21-15(2)16-8-5-4-6-9-16;1-5(2,3)7-4-6/h4-12,14,19H,2,13H2,1,3H3;4H,1-3H3. The second-order valence-corrected chi connectivity index (χ2v) is 7.18. The van der Waals surface area contributed by atoms with Crippen molar-refractivity contribution in [2.75, 3.05) is 13.6 Å². The Bertz CT molecular complexity index is 723. The molecule has 0 saturated heterocycles. The summed E-state index contributed by atoms with van der Waals surface area (Å²) in [5.41, 5.74) is 0.647. The van der Waals surface area contributed by atoms with E-state index in [9.17, 15) is 4.79 Å². The van der Waals surface area contributed by atoms with E-state index in [1.165, 1.54) is 0 Å². The van der Waals surface area contributed by atoms with Crippen molar-refractivity contribution < 1.29 is 19.0 Å². The quantitative estimate of drug-likeness (QED) is 0.528. The van der Waals surface area contributed by atoms with E-state index in [-0.39, 0.29) is 11.7 Å². The summed E-state index contributed by atoms with van der Waals surface area (Å²) in [6, 6.07) is 17.4. The third-order valence-corrected chi connectivity index (χ3v) is 3.37. The van der Waals surface area contributed by atoms with E-state index in [1.54, 1.807) is 0 Å². The number of carbonyl (C=O) groups is 1. The molecular weight excluding hydrogens is 354 g/mol. The zero-order chi connectivity index (χ0) is 21.0. The van der Waals surface area contributed by atoms with E-state index in [0.29, 0.717) is 12.2 Å². The first-order valence-corrected chi connectivity index (χ1v) is 9.20. The van der Waals surface area contributed by atoms with Gasteiger partial charge in [-0.2, -0.15) is 0 Å². The lowest BCUT2D eigenvalue weighted by molar-refractivity contribution is -0.138. The maximum atomic E-state index is 9.60. The van der Waals surface area contributed by atoms with Gasteiger partial charge in [0, 0.05) is 18.2 Å². The van der Waals surface area contributed by atoms with Crippen molar-refractivity contribution in [2.24, 2.45) is 0 Å². The molecule has 152 valence electrons. The van der Waals surface area contributed by atoms with Crippen molar-refractivity contribution in [3.05, 3.63) is 66.7 Å². The average molecular weight is 386 g/mol. The van der Waals surface area contributed by atoms with Crippen molar-refractivity contribution in [1.29, 1.82) is 0 Å². The average Bonchev–Trinajstić information content (AvgIpc) is 2.62. The highest BCUT2D eigenvalue weighted by atomic mass is 16.5. The molecule has 2 aromatic rings. The molecule has 1 atom stereocenters. The van der Waals surface area contributed by atoms with E-state index in [2.05, 4.69) is 16.6 Å².